The number of pyridine rings is 2. The van der Waals surface area contributed by atoms with E-state index in [1.54, 1.807) is 12.4 Å². The summed E-state index contributed by atoms with van der Waals surface area (Å²) in [7, 11) is 0. The lowest BCUT2D eigenvalue weighted by Gasteiger charge is -2.21. The van der Waals surface area contributed by atoms with E-state index in [2.05, 4.69) is 30.9 Å². The Morgan fingerprint density at radius 2 is 1.87 bits per heavy atom. The van der Waals surface area contributed by atoms with E-state index in [0.717, 1.165) is 61.9 Å². The molecule has 3 aromatic rings. The van der Waals surface area contributed by atoms with Gasteiger partial charge in [-0.15, -0.1) is 0 Å². The van der Waals surface area contributed by atoms with Crippen LogP contribution < -0.4 is 0 Å². The van der Waals surface area contributed by atoms with Gasteiger partial charge in [-0.25, -0.2) is 9.97 Å². The number of carbonyl (C=O) groups excluding carboxylic acids is 1. The number of hydrogen-bond donors (Lipinski definition) is 0. The molecule has 0 unspecified atom stereocenters. The smallest absolute Gasteiger partial charge is 0.233 e. The highest BCUT2D eigenvalue weighted by molar-refractivity contribution is 7.99. The van der Waals surface area contributed by atoms with Crippen molar-refractivity contribution in [2.24, 2.45) is 0 Å². The van der Waals surface area contributed by atoms with Gasteiger partial charge in [0.25, 0.3) is 0 Å². The van der Waals surface area contributed by atoms with Crippen LogP contribution in [0.5, 0.6) is 0 Å². The third kappa shape index (κ3) is 6.08. The maximum absolute atomic E-state index is 12.8. The van der Waals surface area contributed by atoms with Gasteiger partial charge in [0.05, 0.1) is 22.8 Å². The second-order valence-electron chi connectivity index (χ2n) is 7.51. The number of amides is 1. The minimum atomic E-state index is 0.132. The Morgan fingerprint density at radius 3 is 2.71 bits per heavy atom. The van der Waals surface area contributed by atoms with Gasteiger partial charge in [0, 0.05) is 50.8 Å². The molecule has 0 spiro atoms. The lowest BCUT2D eigenvalue weighted by molar-refractivity contribution is -0.128. The Labute approximate surface area is 187 Å². The van der Waals surface area contributed by atoms with Crippen molar-refractivity contribution in [2.45, 2.75) is 25.0 Å². The quantitative estimate of drug-likeness (QED) is 0.436. The first-order chi connectivity index (χ1) is 15.2. The highest BCUT2D eigenvalue weighted by Gasteiger charge is 2.20. The van der Waals surface area contributed by atoms with Gasteiger partial charge in [0.2, 0.25) is 5.91 Å². The Morgan fingerprint density at radius 1 is 0.935 bits per heavy atom. The average Bonchev–Trinajstić information content (AvgIpc) is 3.04. The van der Waals surface area contributed by atoms with Crippen LogP contribution in [0.2, 0.25) is 0 Å². The van der Waals surface area contributed by atoms with E-state index in [1.165, 1.54) is 11.8 Å². The number of rotatable bonds is 6. The molecule has 1 aliphatic heterocycles. The van der Waals surface area contributed by atoms with Crippen molar-refractivity contribution in [3.05, 3.63) is 66.2 Å². The lowest BCUT2D eigenvalue weighted by atomic mass is 10.3. The molecular weight excluding hydrogens is 408 g/mol. The highest BCUT2D eigenvalue weighted by Crippen LogP contribution is 2.19. The first-order valence-corrected chi connectivity index (χ1v) is 11.5. The lowest BCUT2D eigenvalue weighted by Crippen LogP contribution is -2.36. The summed E-state index contributed by atoms with van der Waals surface area (Å²) in [5.74, 6) is 0.470. The largest absolute Gasteiger partial charge is 0.341 e. The van der Waals surface area contributed by atoms with Crippen molar-refractivity contribution in [1.29, 1.82) is 0 Å². The van der Waals surface area contributed by atoms with Gasteiger partial charge in [-0.1, -0.05) is 23.9 Å². The summed E-state index contributed by atoms with van der Waals surface area (Å²) < 4.78 is 0. The SMILES string of the molecule is Cc1cccc(CN2CCCN(C(=O)CSc3nccc(-c4ccccn4)n3)CC2)n1. The van der Waals surface area contributed by atoms with Crippen LogP contribution in [0.3, 0.4) is 0 Å². The molecule has 0 aliphatic carbocycles. The fraction of sp³-hybridized carbons (Fsp3) is 0.348. The van der Waals surface area contributed by atoms with E-state index < -0.39 is 0 Å². The zero-order chi connectivity index (χ0) is 21.5. The molecule has 4 heterocycles. The van der Waals surface area contributed by atoms with E-state index in [9.17, 15) is 4.79 Å². The van der Waals surface area contributed by atoms with E-state index in [0.29, 0.717) is 10.9 Å². The van der Waals surface area contributed by atoms with Gasteiger partial charge in [-0.3, -0.25) is 19.7 Å². The minimum absolute atomic E-state index is 0.132. The fourth-order valence-electron chi connectivity index (χ4n) is 3.58. The van der Waals surface area contributed by atoms with Crippen molar-refractivity contribution in [1.82, 2.24) is 29.7 Å². The summed E-state index contributed by atoms with van der Waals surface area (Å²) in [6, 6.07) is 13.7. The maximum atomic E-state index is 12.8. The number of nitrogens with zero attached hydrogens (tertiary/aromatic N) is 6. The van der Waals surface area contributed by atoms with Crippen LogP contribution >= 0.6 is 11.8 Å². The maximum Gasteiger partial charge on any atom is 0.233 e. The summed E-state index contributed by atoms with van der Waals surface area (Å²) >= 11 is 1.38. The van der Waals surface area contributed by atoms with Crippen LogP contribution in [0.1, 0.15) is 17.8 Å². The first kappa shape index (κ1) is 21.4. The number of hydrogen-bond acceptors (Lipinski definition) is 7. The Hall–Kier alpha value is -2.84. The monoisotopic (exact) mass is 434 g/mol. The number of aryl methyl sites for hydroxylation is 1. The molecule has 0 radical (unpaired) electrons. The second kappa shape index (κ2) is 10.5. The van der Waals surface area contributed by atoms with Gasteiger partial charge in [0.15, 0.2) is 5.16 Å². The average molecular weight is 435 g/mol. The summed E-state index contributed by atoms with van der Waals surface area (Å²) in [4.78, 5) is 34.9. The molecular formula is C23H26N6OS. The molecule has 0 atom stereocenters. The van der Waals surface area contributed by atoms with Crippen LogP contribution in [0.15, 0.2) is 60.0 Å². The highest BCUT2D eigenvalue weighted by atomic mass is 32.2. The number of thioether (sulfide) groups is 1. The van der Waals surface area contributed by atoms with Gasteiger partial charge in [0.1, 0.15) is 0 Å². The van der Waals surface area contributed by atoms with Crippen LogP contribution in [-0.4, -0.2) is 67.6 Å². The summed E-state index contributed by atoms with van der Waals surface area (Å²) in [6.07, 6.45) is 4.42. The van der Waals surface area contributed by atoms with Crippen molar-refractivity contribution >= 4 is 17.7 Å². The minimum Gasteiger partial charge on any atom is -0.341 e. The topological polar surface area (TPSA) is 75.1 Å². The van der Waals surface area contributed by atoms with Gasteiger partial charge >= 0.3 is 0 Å². The van der Waals surface area contributed by atoms with Crippen molar-refractivity contribution in [2.75, 3.05) is 31.9 Å². The van der Waals surface area contributed by atoms with Crippen molar-refractivity contribution in [3.63, 3.8) is 0 Å². The van der Waals surface area contributed by atoms with E-state index in [1.807, 2.05) is 48.2 Å². The predicted octanol–water partition coefficient (Wildman–Crippen LogP) is 3.07. The van der Waals surface area contributed by atoms with Crippen LogP contribution in [-0.2, 0) is 11.3 Å². The van der Waals surface area contributed by atoms with Crippen molar-refractivity contribution < 1.29 is 4.79 Å². The van der Waals surface area contributed by atoms with E-state index in [-0.39, 0.29) is 5.91 Å². The number of aromatic nitrogens is 4. The third-order valence-electron chi connectivity index (χ3n) is 5.16. The molecule has 0 N–H and O–H groups in total. The molecule has 3 aromatic heterocycles. The first-order valence-electron chi connectivity index (χ1n) is 10.5. The van der Waals surface area contributed by atoms with E-state index in [4.69, 9.17) is 0 Å². The molecule has 1 fully saturated rings. The predicted molar refractivity (Wildman–Crippen MR) is 121 cm³/mol. The molecule has 0 bridgehead atoms. The molecule has 1 saturated heterocycles. The molecule has 4 rings (SSSR count). The Bertz CT molecular complexity index is 1020. The van der Waals surface area contributed by atoms with E-state index >= 15 is 0 Å². The molecule has 31 heavy (non-hydrogen) atoms. The van der Waals surface area contributed by atoms with Crippen molar-refractivity contribution in [3.8, 4) is 11.4 Å². The molecule has 0 saturated carbocycles. The van der Waals surface area contributed by atoms with Gasteiger partial charge in [-0.05, 0) is 43.7 Å². The summed E-state index contributed by atoms with van der Waals surface area (Å²) in [5, 5.41) is 0.596. The fourth-order valence-corrected chi connectivity index (χ4v) is 4.31. The third-order valence-corrected chi connectivity index (χ3v) is 6.00. The van der Waals surface area contributed by atoms with Gasteiger partial charge < -0.3 is 4.90 Å². The van der Waals surface area contributed by atoms with Crippen LogP contribution in [0, 0.1) is 6.92 Å². The number of carbonyl (C=O) groups is 1. The standard InChI is InChI=1S/C23H26N6OS/c1-18-6-4-7-19(26-18)16-28-12-5-13-29(15-14-28)22(30)17-31-23-25-11-9-21(27-23)20-8-2-3-10-24-20/h2-4,6-11H,5,12-17H2,1H3. The Kier molecular flexibility index (Phi) is 7.22. The molecule has 1 aliphatic rings. The Balaban J connectivity index is 1.29. The summed E-state index contributed by atoms with van der Waals surface area (Å²) in [6.45, 7) is 6.19. The second-order valence-corrected chi connectivity index (χ2v) is 8.45. The molecule has 0 aromatic carbocycles. The molecule has 1 amide bonds. The molecule has 8 heteroatoms. The normalized spacial score (nSPS) is 14.9. The molecule has 160 valence electrons. The van der Waals surface area contributed by atoms with Crippen LogP contribution in [0.4, 0.5) is 0 Å². The zero-order valence-corrected chi connectivity index (χ0v) is 18.5. The zero-order valence-electron chi connectivity index (χ0n) is 17.6. The molecule has 7 nitrogen and oxygen atoms in total. The summed E-state index contributed by atoms with van der Waals surface area (Å²) in [5.41, 5.74) is 3.69. The van der Waals surface area contributed by atoms with Gasteiger partial charge in [-0.2, -0.15) is 0 Å². The van der Waals surface area contributed by atoms with Crippen LogP contribution in [0.25, 0.3) is 11.4 Å².